The topological polar surface area (TPSA) is 96.0 Å². The number of hydrogen-bond donors (Lipinski definition) is 1. The van der Waals surface area contributed by atoms with Crippen LogP contribution in [0.4, 0.5) is 5.69 Å². The van der Waals surface area contributed by atoms with Gasteiger partial charge in [0.1, 0.15) is 6.54 Å². The van der Waals surface area contributed by atoms with E-state index in [9.17, 15) is 19.2 Å². The van der Waals surface area contributed by atoms with E-state index in [0.29, 0.717) is 12.3 Å². The first kappa shape index (κ1) is 22.7. The lowest BCUT2D eigenvalue weighted by molar-refractivity contribution is -0.117. The number of rotatable bonds is 6. The highest BCUT2D eigenvalue weighted by Gasteiger charge is 2.34. The van der Waals surface area contributed by atoms with Gasteiger partial charge in [0.25, 0.3) is 17.7 Å². The van der Waals surface area contributed by atoms with Crippen LogP contribution < -0.4 is 5.32 Å². The number of hydrogen-bond acceptors (Lipinski definition) is 5. The Balaban J connectivity index is 1.56. The number of aryl methyl sites for hydroxylation is 1. The Bertz CT molecular complexity index is 1140. The van der Waals surface area contributed by atoms with E-state index >= 15 is 0 Å². The molecule has 8 heteroatoms. The molecule has 2 aromatic rings. The number of imide groups is 1. The number of nitrogens with one attached hydrogen (secondary N) is 1. The van der Waals surface area contributed by atoms with Gasteiger partial charge in [0.2, 0.25) is 5.91 Å². The van der Waals surface area contributed by atoms with Crippen molar-refractivity contribution in [3.05, 3.63) is 64.2 Å². The molecule has 0 aliphatic carbocycles. The van der Waals surface area contributed by atoms with Gasteiger partial charge in [-0.15, -0.1) is 0 Å². The molecule has 1 fully saturated rings. The quantitative estimate of drug-likeness (QED) is 0.684. The maximum absolute atomic E-state index is 13.4. The number of anilines is 1. The summed E-state index contributed by atoms with van der Waals surface area (Å²) in [5, 5.41) is 2.89. The summed E-state index contributed by atoms with van der Waals surface area (Å²) in [7, 11) is 1.41. The van der Waals surface area contributed by atoms with Crippen molar-refractivity contribution in [1.29, 1.82) is 0 Å². The third kappa shape index (κ3) is 4.52. The highest BCUT2D eigenvalue weighted by atomic mass is 16.5. The van der Waals surface area contributed by atoms with Crippen LogP contribution in [-0.4, -0.2) is 66.3 Å². The zero-order chi connectivity index (χ0) is 23.7. The maximum Gasteiger partial charge on any atom is 0.261 e. The smallest absolute Gasteiger partial charge is 0.261 e. The lowest BCUT2D eigenvalue weighted by Gasteiger charge is -2.25. The third-order valence-corrected chi connectivity index (χ3v) is 6.29. The lowest BCUT2D eigenvalue weighted by Crippen LogP contribution is -2.42. The second-order valence-electron chi connectivity index (χ2n) is 8.55. The van der Waals surface area contributed by atoms with Crippen molar-refractivity contribution in [2.45, 2.75) is 32.8 Å². The fraction of sp³-hybridized carbons (Fsp3) is 0.360. The molecule has 172 valence electrons. The molecule has 33 heavy (non-hydrogen) atoms. The molecule has 4 rings (SSSR count). The molecule has 0 aromatic heterocycles. The minimum absolute atomic E-state index is 0.147. The Kier molecular flexibility index (Phi) is 6.29. The Hall–Kier alpha value is -3.52. The summed E-state index contributed by atoms with van der Waals surface area (Å²) in [5.74, 6) is -1.54. The van der Waals surface area contributed by atoms with Gasteiger partial charge in [-0.3, -0.25) is 24.1 Å². The van der Waals surface area contributed by atoms with Gasteiger partial charge in [-0.1, -0.05) is 12.1 Å². The number of amides is 4. The number of ether oxygens (including phenoxy) is 1. The molecule has 0 spiro atoms. The molecule has 2 aliphatic heterocycles. The van der Waals surface area contributed by atoms with E-state index in [1.54, 1.807) is 0 Å². The monoisotopic (exact) mass is 449 g/mol. The van der Waals surface area contributed by atoms with Crippen LogP contribution in [0.3, 0.4) is 0 Å². The molecule has 0 saturated carbocycles. The molecule has 1 atom stereocenters. The molecule has 0 bridgehead atoms. The van der Waals surface area contributed by atoms with Crippen LogP contribution >= 0.6 is 0 Å². The molecular weight excluding hydrogens is 422 g/mol. The van der Waals surface area contributed by atoms with Crippen LogP contribution in [0, 0.1) is 13.8 Å². The summed E-state index contributed by atoms with van der Waals surface area (Å²) in [5.41, 5.74) is 3.45. The third-order valence-electron chi connectivity index (χ3n) is 6.29. The predicted molar refractivity (Wildman–Crippen MR) is 122 cm³/mol. The van der Waals surface area contributed by atoms with Crippen LogP contribution in [0.5, 0.6) is 0 Å². The largest absolute Gasteiger partial charge is 0.376 e. The fourth-order valence-corrected chi connectivity index (χ4v) is 4.18. The first-order valence-electron chi connectivity index (χ1n) is 11.0. The van der Waals surface area contributed by atoms with Crippen LogP contribution in [0.2, 0.25) is 0 Å². The molecule has 1 unspecified atom stereocenters. The van der Waals surface area contributed by atoms with Gasteiger partial charge < -0.3 is 15.0 Å². The molecule has 0 radical (unpaired) electrons. The average molecular weight is 450 g/mol. The van der Waals surface area contributed by atoms with Gasteiger partial charge in [0, 0.05) is 31.5 Å². The number of benzene rings is 2. The van der Waals surface area contributed by atoms with Crippen molar-refractivity contribution in [2.75, 3.05) is 32.1 Å². The molecule has 1 saturated heterocycles. The van der Waals surface area contributed by atoms with Gasteiger partial charge in [-0.2, -0.15) is 0 Å². The summed E-state index contributed by atoms with van der Waals surface area (Å²) in [6.45, 7) is 4.64. The minimum Gasteiger partial charge on any atom is -0.376 e. The van der Waals surface area contributed by atoms with Crippen molar-refractivity contribution in [3.63, 3.8) is 0 Å². The zero-order valence-electron chi connectivity index (χ0n) is 19.0. The zero-order valence-corrected chi connectivity index (χ0v) is 19.0. The number of carbonyl (C=O) groups excluding carboxylic acids is 4. The van der Waals surface area contributed by atoms with Crippen molar-refractivity contribution in [1.82, 2.24) is 9.80 Å². The van der Waals surface area contributed by atoms with Gasteiger partial charge >= 0.3 is 0 Å². The fourth-order valence-electron chi connectivity index (χ4n) is 4.18. The molecule has 2 aliphatic rings. The Morgan fingerprint density at radius 3 is 2.61 bits per heavy atom. The summed E-state index contributed by atoms with van der Waals surface area (Å²) in [6, 6.07) is 10.1. The Labute approximate surface area is 192 Å². The SMILES string of the molecule is Cc1cccc(NC(=O)CN(CC2CCCO2)C(=O)c2ccc3c(c2)C(=O)N(C)C3=O)c1C. The molecule has 2 aromatic carbocycles. The van der Waals surface area contributed by atoms with Crippen molar-refractivity contribution < 1.29 is 23.9 Å². The van der Waals surface area contributed by atoms with E-state index in [4.69, 9.17) is 4.74 Å². The van der Waals surface area contributed by atoms with Crippen LogP contribution in [0.1, 0.15) is 55.0 Å². The van der Waals surface area contributed by atoms with Gasteiger partial charge in [-0.05, 0) is 62.1 Å². The normalized spacial score (nSPS) is 17.3. The molecule has 1 N–H and O–H groups in total. The molecule has 2 heterocycles. The van der Waals surface area contributed by atoms with Crippen molar-refractivity contribution >= 4 is 29.3 Å². The van der Waals surface area contributed by atoms with E-state index in [1.165, 1.54) is 30.1 Å². The summed E-state index contributed by atoms with van der Waals surface area (Å²) < 4.78 is 5.69. The van der Waals surface area contributed by atoms with E-state index in [2.05, 4.69) is 5.32 Å². The van der Waals surface area contributed by atoms with Crippen LogP contribution in [0.25, 0.3) is 0 Å². The van der Waals surface area contributed by atoms with Gasteiger partial charge in [-0.25, -0.2) is 0 Å². The number of carbonyl (C=O) groups is 4. The van der Waals surface area contributed by atoms with Crippen molar-refractivity contribution in [3.8, 4) is 0 Å². The van der Waals surface area contributed by atoms with Crippen molar-refractivity contribution in [2.24, 2.45) is 0 Å². The van der Waals surface area contributed by atoms with E-state index < -0.39 is 11.8 Å². The van der Waals surface area contributed by atoms with Gasteiger partial charge in [0.05, 0.1) is 17.2 Å². The summed E-state index contributed by atoms with van der Waals surface area (Å²) in [4.78, 5) is 53.3. The van der Waals surface area contributed by atoms with E-state index in [-0.39, 0.29) is 47.7 Å². The van der Waals surface area contributed by atoms with Gasteiger partial charge in [0.15, 0.2) is 0 Å². The lowest BCUT2D eigenvalue weighted by atomic mass is 10.0. The second kappa shape index (κ2) is 9.15. The molecule has 8 nitrogen and oxygen atoms in total. The second-order valence-corrected chi connectivity index (χ2v) is 8.55. The average Bonchev–Trinajstić information content (AvgIpc) is 3.39. The van der Waals surface area contributed by atoms with Crippen LogP contribution in [-0.2, 0) is 9.53 Å². The maximum atomic E-state index is 13.4. The van der Waals surface area contributed by atoms with Crippen LogP contribution in [0.15, 0.2) is 36.4 Å². The standard InChI is InChI=1S/C25H27N3O5/c1-15-6-4-8-21(16(15)2)26-22(29)14-28(13-18-7-5-11-33-18)23(30)17-9-10-19-20(12-17)25(32)27(3)24(19)31/h4,6,8-10,12,18H,5,7,11,13-14H2,1-3H3,(H,26,29). The highest BCUT2D eigenvalue weighted by molar-refractivity contribution is 6.21. The summed E-state index contributed by atoms with van der Waals surface area (Å²) >= 11 is 0. The van der Waals surface area contributed by atoms with E-state index in [1.807, 2.05) is 32.0 Å². The Morgan fingerprint density at radius 1 is 1.12 bits per heavy atom. The first-order chi connectivity index (χ1) is 15.8. The molecular formula is C25H27N3O5. The minimum atomic E-state index is -0.442. The highest BCUT2D eigenvalue weighted by Crippen LogP contribution is 2.24. The Morgan fingerprint density at radius 2 is 1.88 bits per heavy atom. The number of nitrogens with zero attached hydrogens (tertiary/aromatic N) is 2. The summed E-state index contributed by atoms with van der Waals surface area (Å²) in [6.07, 6.45) is 1.57. The molecule has 4 amide bonds. The first-order valence-corrected chi connectivity index (χ1v) is 11.0. The predicted octanol–water partition coefficient (Wildman–Crippen LogP) is 2.79. The number of fused-ring (bicyclic) bond motifs is 1. The van der Waals surface area contributed by atoms with E-state index in [0.717, 1.165) is 28.9 Å².